The van der Waals surface area contributed by atoms with Crippen LogP contribution in [0.1, 0.15) is 16.7 Å². The van der Waals surface area contributed by atoms with Gasteiger partial charge in [0.1, 0.15) is 5.52 Å². The highest BCUT2D eigenvalue weighted by molar-refractivity contribution is 9.10. The fourth-order valence-electron chi connectivity index (χ4n) is 3.56. The highest BCUT2D eigenvalue weighted by atomic mass is 79.9. The lowest BCUT2D eigenvalue weighted by molar-refractivity contribution is 0.706. The van der Waals surface area contributed by atoms with E-state index in [0.29, 0.717) is 0 Å². The quantitative estimate of drug-likeness (QED) is 0.609. The van der Waals surface area contributed by atoms with E-state index in [2.05, 4.69) is 61.0 Å². The minimum Gasteiger partial charge on any atom is -0.279 e. The smallest absolute Gasteiger partial charge is 0.180 e. The van der Waals surface area contributed by atoms with Crippen LogP contribution in [0.25, 0.3) is 11.2 Å². The number of fused-ring (bicyclic) bond motifs is 6. The van der Waals surface area contributed by atoms with E-state index in [1.54, 1.807) is 12.4 Å². The van der Waals surface area contributed by atoms with Crippen molar-refractivity contribution in [2.24, 2.45) is 0 Å². The fraction of sp³-hybridized carbons (Fsp3) is 0.235. The molecular formula is C17H14BrN5. The summed E-state index contributed by atoms with van der Waals surface area (Å²) in [4.78, 5) is 13.6. The van der Waals surface area contributed by atoms with Crippen LogP contribution in [-0.2, 0) is 13.0 Å². The van der Waals surface area contributed by atoms with Crippen molar-refractivity contribution in [1.29, 1.82) is 0 Å². The first kappa shape index (κ1) is 13.2. The Kier molecular flexibility index (Phi) is 2.68. The molecule has 3 aromatic rings. The Balaban J connectivity index is 1.72. The highest BCUT2D eigenvalue weighted by Gasteiger charge is 2.35. The lowest BCUT2D eigenvalue weighted by Gasteiger charge is -2.37. The first-order chi connectivity index (χ1) is 11.2. The summed E-state index contributed by atoms with van der Waals surface area (Å²) in [5, 5.41) is 4.61. The molecule has 0 spiro atoms. The van der Waals surface area contributed by atoms with Crippen LogP contribution in [0, 0.1) is 6.92 Å². The molecule has 2 aliphatic rings. The summed E-state index contributed by atoms with van der Waals surface area (Å²) in [6.07, 6.45) is 4.46. The monoisotopic (exact) mass is 367 g/mol. The maximum Gasteiger partial charge on any atom is 0.180 e. The summed E-state index contributed by atoms with van der Waals surface area (Å²) < 4.78 is 1.10. The number of benzene rings is 1. The van der Waals surface area contributed by atoms with E-state index in [4.69, 9.17) is 4.98 Å². The van der Waals surface area contributed by atoms with E-state index in [-0.39, 0.29) is 0 Å². The SMILES string of the molecule is Cc1c2c(nc3nccnc13)N1CCc3ccc(Br)cc3N1C2. The molecule has 0 unspecified atom stereocenters. The van der Waals surface area contributed by atoms with Crippen LogP contribution < -0.4 is 10.0 Å². The number of aryl methyl sites for hydroxylation is 1. The van der Waals surface area contributed by atoms with E-state index in [9.17, 15) is 0 Å². The van der Waals surface area contributed by atoms with Gasteiger partial charge in [0.25, 0.3) is 0 Å². The van der Waals surface area contributed by atoms with Gasteiger partial charge < -0.3 is 0 Å². The lowest BCUT2D eigenvalue weighted by Crippen LogP contribution is -2.43. The number of rotatable bonds is 0. The zero-order valence-corrected chi connectivity index (χ0v) is 14.2. The van der Waals surface area contributed by atoms with Gasteiger partial charge in [-0.3, -0.25) is 15.0 Å². The molecule has 5 nitrogen and oxygen atoms in total. The van der Waals surface area contributed by atoms with Gasteiger partial charge in [-0.25, -0.2) is 9.97 Å². The average molecular weight is 368 g/mol. The summed E-state index contributed by atoms with van der Waals surface area (Å²) in [7, 11) is 0. The van der Waals surface area contributed by atoms with Crippen molar-refractivity contribution < 1.29 is 0 Å². The molecule has 0 radical (unpaired) electrons. The van der Waals surface area contributed by atoms with Gasteiger partial charge in [0.2, 0.25) is 0 Å². The van der Waals surface area contributed by atoms with Crippen molar-refractivity contribution in [3.63, 3.8) is 0 Å². The topological polar surface area (TPSA) is 45.2 Å². The third-order valence-electron chi connectivity index (χ3n) is 4.73. The van der Waals surface area contributed by atoms with Gasteiger partial charge in [-0.2, -0.15) is 0 Å². The minimum atomic E-state index is 0.727. The maximum atomic E-state index is 4.80. The minimum absolute atomic E-state index is 0.727. The molecule has 0 aliphatic carbocycles. The molecule has 0 saturated carbocycles. The second-order valence-corrected chi connectivity index (χ2v) is 6.89. The summed E-state index contributed by atoms with van der Waals surface area (Å²) in [5.74, 6) is 1.03. The molecule has 0 bridgehead atoms. The maximum absolute atomic E-state index is 4.80. The van der Waals surface area contributed by atoms with Gasteiger partial charge >= 0.3 is 0 Å². The summed E-state index contributed by atoms with van der Waals surface area (Å²) >= 11 is 3.59. The molecule has 0 amide bonds. The molecule has 114 valence electrons. The van der Waals surface area contributed by atoms with E-state index in [0.717, 1.165) is 41.0 Å². The molecule has 2 aliphatic heterocycles. The number of hydrogen-bond donors (Lipinski definition) is 0. The average Bonchev–Trinajstić information content (AvgIpc) is 2.95. The van der Waals surface area contributed by atoms with E-state index in [1.807, 2.05) is 0 Å². The van der Waals surface area contributed by atoms with Crippen LogP contribution in [-0.4, -0.2) is 21.5 Å². The number of anilines is 2. The van der Waals surface area contributed by atoms with Crippen molar-refractivity contribution in [1.82, 2.24) is 15.0 Å². The van der Waals surface area contributed by atoms with Crippen LogP contribution in [0.15, 0.2) is 35.1 Å². The van der Waals surface area contributed by atoms with Gasteiger partial charge in [-0.05, 0) is 36.6 Å². The van der Waals surface area contributed by atoms with Crippen molar-refractivity contribution >= 4 is 38.6 Å². The van der Waals surface area contributed by atoms with E-state index >= 15 is 0 Å². The van der Waals surface area contributed by atoms with Crippen LogP contribution in [0.4, 0.5) is 11.5 Å². The Morgan fingerprint density at radius 1 is 1.13 bits per heavy atom. The van der Waals surface area contributed by atoms with Crippen molar-refractivity contribution in [2.45, 2.75) is 19.9 Å². The lowest BCUT2D eigenvalue weighted by atomic mass is 10.1. The van der Waals surface area contributed by atoms with Crippen LogP contribution in [0.2, 0.25) is 0 Å². The Morgan fingerprint density at radius 3 is 2.91 bits per heavy atom. The first-order valence-electron chi connectivity index (χ1n) is 7.66. The van der Waals surface area contributed by atoms with Gasteiger partial charge in [-0.15, -0.1) is 0 Å². The zero-order valence-electron chi connectivity index (χ0n) is 12.6. The summed E-state index contributed by atoms with van der Waals surface area (Å²) in [6, 6.07) is 6.52. The zero-order chi connectivity index (χ0) is 15.6. The molecule has 4 heterocycles. The molecule has 23 heavy (non-hydrogen) atoms. The predicted molar refractivity (Wildman–Crippen MR) is 93.4 cm³/mol. The Hall–Kier alpha value is -2.21. The van der Waals surface area contributed by atoms with Crippen LogP contribution in [0.3, 0.4) is 0 Å². The second-order valence-electron chi connectivity index (χ2n) is 5.97. The number of hydrogen-bond acceptors (Lipinski definition) is 5. The van der Waals surface area contributed by atoms with Crippen molar-refractivity contribution in [3.05, 3.63) is 51.8 Å². The molecule has 2 aromatic heterocycles. The molecule has 1 aromatic carbocycles. The Bertz CT molecular complexity index is 955. The third kappa shape index (κ3) is 1.81. The molecule has 6 heteroatoms. The predicted octanol–water partition coefficient (Wildman–Crippen LogP) is 3.39. The molecule has 5 rings (SSSR count). The first-order valence-corrected chi connectivity index (χ1v) is 8.45. The number of pyridine rings is 1. The molecule has 0 saturated heterocycles. The van der Waals surface area contributed by atoms with Gasteiger partial charge in [0, 0.05) is 29.0 Å². The number of nitrogens with zero attached hydrogens (tertiary/aromatic N) is 5. The van der Waals surface area contributed by atoms with Gasteiger partial charge in [0.05, 0.1) is 12.2 Å². The normalized spacial score (nSPS) is 15.6. The fourth-order valence-corrected chi connectivity index (χ4v) is 3.91. The standard InChI is InChI=1S/C17H14BrN5/c1-10-13-9-23-14-8-12(18)3-2-11(14)4-7-22(23)17(13)21-16-15(10)19-5-6-20-16/h2-3,5-6,8H,4,7,9H2,1H3. The Labute approximate surface area is 142 Å². The number of aromatic nitrogens is 3. The van der Waals surface area contributed by atoms with Crippen molar-refractivity contribution in [2.75, 3.05) is 16.6 Å². The van der Waals surface area contributed by atoms with Gasteiger partial charge in [0.15, 0.2) is 11.5 Å². The molecular weight excluding hydrogens is 354 g/mol. The van der Waals surface area contributed by atoms with Crippen LogP contribution >= 0.6 is 15.9 Å². The molecule has 0 atom stereocenters. The van der Waals surface area contributed by atoms with E-state index in [1.165, 1.54) is 22.4 Å². The number of halogens is 1. The highest BCUT2D eigenvalue weighted by Crippen LogP contribution is 2.41. The summed E-state index contributed by atoms with van der Waals surface area (Å²) in [6.45, 7) is 3.91. The Morgan fingerprint density at radius 2 is 2.00 bits per heavy atom. The molecule has 0 fully saturated rings. The number of hydrazine groups is 1. The summed E-state index contributed by atoms with van der Waals surface area (Å²) in [5.41, 5.74) is 6.71. The molecule has 0 N–H and O–H groups in total. The third-order valence-corrected chi connectivity index (χ3v) is 5.22. The van der Waals surface area contributed by atoms with Crippen LogP contribution in [0.5, 0.6) is 0 Å². The largest absolute Gasteiger partial charge is 0.279 e. The van der Waals surface area contributed by atoms with E-state index < -0.39 is 0 Å². The second kappa shape index (κ2) is 4.64. The van der Waals surface area contributed by atoms with Crippen molar-refractivity contribution in [3.8, 4) is 0 Å². The van der Waals surface area contributed by atoms with Gasteiger partial charge in [-0.1, -0.05) is 22.0 Å².